The van der Waals surface area contributed by atoms with Gasteiger partial charge in [-0.05, 0) is 38.8 Å². The van der Waals surface area contributed by atoms with Crippen LogP contribution >= 0.6 is 0 Å². The van der Waals surface area contributed by atoms with E-state index in [1.807, 2.05) is 0 Å². The third-order valence-corrected chi connectivity index (χ3v) is 4.11. The van der Waals surface area contributed by atoms with E-state index in [0.29, 0.717) is 0 Å². The molecule has 1 saturated heterocycles. The van der Waals surface area contributed by atoms with Crippen LogP contribution in [-0.2, 0) is 0 Å². The van der Waals surface area contributed by atoms with Gasteiger partial charge in [0.1, 0.15) is 0 Å². The molecular formula is C13H26N2. The van der Waals surface area contributed by atoms with Crippen molar-refractivity contribution in [3.05, 3.63) is 0 Å². The van der Waals surface area contributed by atoms with Gasteiger partial charge < -0.3 is 5.32 Å². The molecule has 2 nitrogen and oxygen atoms in total. The van der Waals surface area contributed by atoms with Crippen molar-refractivity contribution >= 4 is 0 Å². The summed E-state index contributed by atoms with van der Waals surface area (Å²) >= 11 is 0. The lowest BCUT2D eigenvalue weighted by molar-refractivity contribution is 0.151. The van der Waals surface area contributed by atoms with Gasteiger partial charge in [0.15, 0.2) is 0 Å². The first-order valence-corrected chi connectivity index (χ1v) is 6.87. The smallest absolute Gasteiger partial charge is 0.0195 e. The second-order valence-corrected chi connectivity index (χ2v) is 5.17. The first kappa shape index (κ1) is 11.4. The van der Waals surface area contributed by atoms with Crippen LogP contribution in [0.3, 0.4) is 0 Å². The van der Waals surface area contributed by atoms with Crippen LogP contribution in [0.5, 0.6) is 0 Å². The maximum absolute atomic E-state index is 3.62. The second-order valence-electron chi connectivity index (χ2n) is 5.17. The van der Waals surface area contributed by atoms with Gasteiger partial charge in [0.2, 0.25) is 0 Å². The van der Waals surface area contributed by atoms with Crippen molar-refractivity contribution < 1.29 is 0 Å². The van der Waals surface area contributed by atoms with Crippen LogP contribution in [0.4, 0.5) is 0 Å². The summed E-state index contributed by atoms with van der Waals surface area (Å²) in [4.78, 5) is 2.72. The molecule has 0 aromatic rings. The van der Waals surface area contributed by atoms with Gasteiger partial charge in [-0.1, -0.05) is 26.2 Å². The predicted molar refractivity (Wildman–Crippen MR) is 65.1 cm³/mol. The van der Waals surface area contributed by atoms with Crippen LogP contribution in [0.1, 0.15) is 51.9 Å². The van der Waals surface area contributed by atoms with Crippen molar-refractivity contribution in [1.82, 2.24) is 10.2 Å². The summed E-state index contributed by atoms with van der Waals surface area (Å²) in [6.07, 6.45) is 10.0. The SMILES string of the molecule is CCN(C[C@H]1CCCN1)C1CCCCC1. The summed E-state index contributed by atoms with van der Waals surface area (Å²) in [7, 11) is 0. The Morgan fingerprint density at radius 2 is 1.87 bits per heavy atom. The Morgan fingerprint density at radius 3 is 2.47 bits per heavy atom. The van der Waals surface area contributed by atoms with E-state index >= 15 is 0 Å². The van der Waals surface area contributed by atoms with Crippen LogP contribution in [-0.4, -0.2) is 36.6 Å². The topological polar surface area (TPSA) is 15.3 Å². The van der Waals surface area contributed by atoms with Gasteiger partial charge in [0, 0.05) is 18.6 Å². The maximum Gasteiger partial charge on any atom is 0.0195 e. The quantitative estimate of drug-likeness (QED) is 0.766. The molecule has 0 radical (unpaired) electrons. The molecule has 1 aliphatic heterocycles. The lowest BCUT2D eigenvalue weighted by Gasteiger charge is -2.35. The normalized spacial score (nSPS) is 28.8. The van der Waals surface area contributed by atoms with E-state index in [1.165, 1.54) is 64.6 Å². The molecule has 2 heteroatoms. The van der Waals surface area contributed by atoms with Crippen LogP contribution < -0.4 is 5.32 Å². The molecule has 0 aromatic carbocycles. The molecule has 0 amide bonds. The van der Waals surface area contributed by atoms with E-state index in [4.69, 9.17) is 0 Å². The van der Waals surface area contributed by atoms with Crippen LogP contribution in [0, 0.1) is 0 Å². The molecule has 15 heavy (non-hydrogen) atoms. The largest absolute Gasteiger partial charge is 0.313 e. The van der Waals surface area contributed by atoms with E-state index in [1.54, 1.807) is 0 Å². The summed E-state index contributed by atoms with van der Waals surface area (Å²) in [6.45, 7) is 6.10. The summed E-state index contributed by atoms with van der Waals surface area (Å²) in [5, 5.41) is 3.62. The molecule has 2 aliphatic rings. The Kier molecular flexibility index (Phi) is 4.45. The minimum Gasteiger partial charge on any atom is -0.313 e. The molecule has 0 bridgehead atoms. The highest BCUT2D eigenvalue weighted by Crippen LogP contribution is 2.23. The van der Waals surface area contributed by atoms with Gasteiger partial charge in [0.05, 0.1) is 0 Å². The first-order chi connectivity index (χ1) is 7.40. The fourth-order valence-corrected chi connectivity index (χ4v) is 3.18. The van der Waals surface area contributed by atoms with E-state index in [0.717, 1.165) is 12.1 Å². The number of hydrogen-bond donors (Lipinski definition) is 1. The molecule has 1 N–H and O–H groups in total. The van der Waals surface area contributed by atoms with Crippen molar-refractivity contribution in [2.75, 3.05) is 19.6 Å². The molecule has 1 atom stereocenters. The monoisotopic (exact) mass is 210 g/mol. The lowest BCUT2D eigenvalue weighted by atomic mass is 9.94. The Bertz CT molecular complexity index is 169. The molecule has 88 valence electrons. The minimum atomic E-state index is 0.784. The second kappa shape index (κ2) is 5.86. The number of nitrogens with zero attached hydrogens (tertiary/aromatic N) is 1. The van der Waals surface area contributed by atoms with Crippen molar-refractivity contribution in [2.24, 2.45) is 0 Å². The molecule has 2 rings (SSSR count). The highest BCUT2D eigenvalue weighted by atomic mass is 15.2. The van der Waals surface area contributed by atoms with Gasteiger partial charge in [-0.15, -0.1) is 0 Å². The van der Waals surface area contributed by atoms with Crippen molar-refractivity contribution in [1.29, 1.82) is 0 Å². The minimum absolute atomic E-state index is 0.784. The highest BCUT2D eigenvalue weighted by Gasteiger charge is 2.23. The van der Waals surface area contributed by atoms with Crippen molar-refractivity contribution in [3.63, 3.8) is 0 Å². The predicted octanol–water partition coefficient (Wildman–Crippen LogP) is 2.39. The molecule has 1 heterocycles. The zero-order chi connectivity index (χ0) is 10.5. The third-order valence-electron chi connectivity index (χ3n) is 4.11. The summed E-state index contributed by atoms with van der Waals surface area (Å²) in [5.41, 5.74) is 0. The zero-order valence-corrected chi connectivity index (χ0v) is 10.2. The Hall–Kier alpha value is -0.0800. The summed E-state index contributed by atoms with van der Waals surface area (Å²) in [5.74, 6) is 0. The average Bonchev–Trinajstić information content (AvgIpc) is 2.80. The fourth-order valence-electron chi connectivity index (χ4n) is 3.18. The van der Waals surface area contributed by atoms with Crippen molar-refractivity contribution in [3.8, 4) is 0 Å². The van der Waals surface area contributed by atoms with E-state index < -0.39 is 0 Å². The lowest BCUT2D eigenvalue weighted by Crippen LogP contribution is -2.44. The number of nitrogens with one attached hydrogen (secondary N) is 1. The Balaban J connectivity index is 1.79. The van der Waals surface area contributed by atoms with E-state index in [-0.39, 0.29) is 0 Å². The van der Waals surface area contributed by atoms with Gasteiger partial charge >= 0.3 is 0 Å². The Morgan fingerprint density at radius 1 is 1.07 bits per heavy atom. The molecule has 2 fully saturated rings. The fraction of sp³-hybridized carbons (Fsp3) is 1.00. The van der Waals surface area contributed by atoms with Crippen LogP contribution in [0.25, 0.3) is 0 Å². The maximum atomic E-state index is 3.62. The number of hydrogen-bond acceptors (Lipinski definition) is 2. The van der Waals surface area contributed by atoms with Crippen LogP contribution in [0.15, 0.2) is 0 Å². The molecule has 0 aromatic heterocycles. The molecule has 0 spiro atoms. The summed E-state index contributed by atoms with van der Waals surface area (Å²) < 4.78 is 0. The highest BCUT2D eigenvalue weighted by molar-refractivity contribution is 4.82. The van der Waals surface area contributed by atoms with Gasteiger partial charge in [0.25, 0.3) is 0 Å². The van der Waals surface area contributed by atoms with Gasteiger partial charge in [-0.25, -0.2) is 0 Å². The standard InChI is InChI=1S/C13H26N2/c1-2-15(11-12-7-6-10-14-12)13-8-4-3-5-9-13/h12-14H,2-11H2,1H3/t12-/m1/s1. The molecule has 1 saturated carbocycles. The average molecular weight is 210 g/mol. The number of likely N-dealkylation sites (N-methyl/N-ethyl adjacent to an activating group) is 1. The summed E-state index contributed by atoms with van der Waals surface area (Å²) in [6, 6.07) is 1.68. The Labute approximate surface area is 94.4 Å². The van der Waals surface area contributed by atoms with Crippen molar-refractivity contribution in [2.45, 2.75) is 64.0 Å². The molecule has 1 aliphatic carbocycles. The van der Waals surface area contributed by atoms with Gasteiger partial charge in [-0.2, -0.15) is 0 Å². The van der Waals surface area contributed by atoms with Gasteiger partial charge in [-0.3, -0.25) is 4.90 Å². The zero-order valence-electron chi connectivity index (χ0n) is 10.2. The molecule has 0 unspecified atom stereocenters. The molecular weight excluding hydrogens is 184 g/mol. The van der Waals surface area contributed by atoms with Crippen LogP contribution in [0.2, 0.25) is 0 Å². The van der Waals surface area contributed by atoms with E-state index in [9.17, 15) is 0 Å². The van der Waals surface area contributed by atoms with E-state index in [2.05, 4.69) is 17.1 Å². The first-order valence-electron chi connectivity index (χ1n) is 6.87. The third kappa shape index (κ3) is 3.18. The number of rotatable bonds is 4.